The molecule has 2 aromatic rings. The van der Waals surface area contributed by atoms with Gasteiger partial charge in [0.2, 0.25) is 5.91 Å². The summed E-state index contributed by atoms with van der Waals surface area (Å²) in [6.07, 6.45) is 3.61. The van der Waals surface area contributed by atoms with E-state index in [4.69, 9.17) is 4.42 Å². The van der Waals surface area contributed by atoms with Gasteiger partial charge in [-0.25, -0.2) is 0 Å². The third kappa shape index (κ3) is 2.74. The molecule has 0 saturated carbocycles. The summed E-state index contributed by atoms with van der Waals surface area (Å²) in [6, 6.07) is 9.03. The zero-order chi connectivity index (χ0) is 15.5. The van der Waals surface area contributed by atoms with Crippen molar-refractivity contribution in [2.24, 2.45) is 0 Å². The van der Waals surface area contributed by atoms with Crippen molar-refractivity contribution in [1.29, 1.82) is 0 Å². The lowest BCUT2D eigenvalue weighted by Gasteiger charge is -2.16. The van der Waals surface area contributed by atoms with Gasteiger partial charge in [0.15, 0.2) is 5.76 Å². The Morgan fingerprint density at radius 3 is 2.91 bits per heavy atom. The monoisotopic (exact) mass is 298 g/mol. The first-order chi connectivity index (χ1) is 10.7. The van der Waals surface area contributed by atoms with Gasteiger partial charge in [-0.3, -0.25) is 9.59 Å². The van der Waals surface area contributed by atoms with Crippen molar-refractivity contribution in [1.82, 2.24) is 0 Å². The van der Waals surface area contributed by atoms with Crippen molar-refractivity contribution in [2.45, 2.75) is 26.2 Å². The van der Waals surface area contributed by atoms with E-state index in [1.54, 1.807) is 17.0 Å². The second kappa shape index (κ2) is 6.05. The Kier molecular flexibility index (Phi) is 3.96. The molecule has 5 nitrogen and oxygen atoms in total. The van der Waals surface area contributed by atoms with Crippen LogP contribution in [-0.4, -0.2) is 18.4 Å². The molecule has 114 valence electrons. The number of carbonyl (C=O) groups is 2. The molecule has 0 atom stereocenters. The van der Waals surface area contributed by atoms with Crippen molar-refractivity contribution >= 4 is 23.2 Å². The number of rotatable bonds is 4. The average Bonchev–Trinajstić information content (AvgIpc) is 3.16. The van der Waals surface area contributed by atoms with Gasteiger partial charge in [-0.1, -0.05) is 6.92 Å². The number of hydrogen-bond donors (Lipinski definition) is 1. The number of amides is 2. The van der Waals surface area contributed by atoms with Gasteiger partial charge >= 0.3 is 0 Å². The Labute approximate surface area is 128 Å². The fourth-order valence-electron chi connectivity index (χ4n) is 2.67. The topological polar surface area (TPSA) is 62.6 Å². The van der Waals surface area contributed by atoms with Crippen LogP contribution in [0, 0.1) is 0 Å². The smallest absolute Gasteiger partial charge is 0.293 e. The molecule has 0 aliphatic carbocycles. The number of fused-ring (bicyclic) bond motifs is 1. The van der Waals surface area contributed by atoms with E-state index < -0.39 is 0 Å². The molecule has 1 aromatic heterocycles. The van der Waals surface area contributed by atoms with Crippen molar-refractivity contribution < 1.29 is 14.0 Å². The minimum atomic E-state index is -0.133. The summed E-state index contributed by atoms with van der Waals surface area (Å²) in [5.74, 6) is 0.226. The molecule has 0 radical (unpaired) electrons. The zero-order valence-corrected chi connectivity index (χ0v) is 12.5. The lowest BCUT2D eigenvalue weighted by Crippen LogP contribution is -2.28. The molecular weight excluding hydrogens is 280 g/mol. The van der Waals surface area contributed by atoms with Crippen LogP contribution in [0.5, 0.6) is 0 Å². The van der Waals surface area contributed by atoms with Crippen LogP contribution in [-0.2, 0) is 11.2 Å². The first kappa shape index (κ1) is 14.4. The predicted molar refractivity (Wildman–Crippen MR) is 84.1 cm³/mol. The first-order valence-corrected chi connectivity index (χ1v) is 7.47. The molecular formula is C17H18N2O3. The second-order valence-electron chi connectivity index (χ2n) is 5.33. The van der Waals surface area contributed by atoms with Crippen LogP contribution in [0.3, 0.4) is 0 Å². The largest absolute Gasteiger partial charge is 0.459 e. The minimum Gasteiger partial charge on any atom is -0.459 e. The van der Waals surface area contributed by atoms with Gasteiger partial charge in [-0.05, 0) is 48.7 Å². The average molecular weight is 298 g/mol. The zero-order valence-electron chi connectivity index (χ0n) is 12.5. The maximum absolute atomic E-state index is 12.4. The predicted octanol–water partition coefficient (Wildman–Crippen LogP) is 3.22. The minimum absolute atomic E-state index is 0.0176. The van der Waals surface area contributed by atoms with Gasteiger partial charge in [0.25, 0.3) is 5.91 Å². The Morgan fingerprint density at radius 2 is 2.18 bits per heavy atom. The first-order valence-electron chi connectivity index (χ1n) is 7.47. The van der Waals surface area contributed by atoms with E-state index in [1.807, 2.05) is 25.1 Å². The van der Waals surface area contributed by atoms with E-state index in [0.29, 0.717) is 18.7 Å². The normalized spacial score (nSPS) is 13.0. The molecule has 0 unspecified atom stereocenters. The highest BCUT2D eigenvalue weighted by molar-refractivity contribution is 6.05. The molecule has 1 aliphatic heterocycles. The van der Waals surface area contributed by atoms with Crippen molar-refractivity contribution in [3.63, 3.8) is 0 Å². The van der Waals surface area contributed by atoms with Crippen LogP contribution in [0.15, 0.2) is 41.0 Å². The van der Waals surface area contributed by atoms with Gasteiger partial charge < -0.3 is 14.6 Å². The number of hydrogen-bond acceptors (Lipinski definition) is 3. The van der Waals surface area contributed by atoms with E-state index in [1.165, 1.54) is 6.26 Å². The highest BCUT2D eigenvalue weighted by Gasteiger charge is 2.27. The number of carbonyl (C=O) groups excluding carboxylic acids is 2. The Balaban J connectivity index is 1.78. The Morgan fingerprint density at radius 1 is 1.32 bits per heavy atom. The molecule has 0 bridgehead atoms. The van der Waals surface area contributed by atoms with Crippen molar-refractivity contribution in [2.75, 3.05) is 16.8 Å². The summed E-state index contributed by atoms with van der Waals surface area (Å²) in [6.45, 7) is 2.60. The molecule has 2 amide bonds. The fourth-order valence-corrected chi connectivity index (χ4v) is 2.67. The van der Waals surface area contributed by atoms with Crippen LogP contribution in [0.1, 0.15) is 35.9 Å². The maximum atomic E-state index is 12.4. The van der Waals surface area contributed by atoms with Gasteiger partial charge in [-0.2, -0.15) is 0 Å². The lowest BCUT2D eigenvalue weighted by atomic mass is 10.1. The third-order valence-electron chi connectivity index (χ3n) is 3.71. The molecule has 0 spiro atoms. The number of furan rings is 1. The van der Waals surface area contributed by atoms with Crippen LogP contribution in [0.4, 0.5) is 11.4 Å². The van der Waals surface area contributed by atoms with Gasteiger partial charge in [0.1, 0.15) is 0 Å². The Bertz CT molecular complexity index is 692. The molecule has 3 rings (SSSR count). The second-order valence-corrected chi connectivity index (χ2v) is 5.33. The molecule has 2 heterocycles. The van der Waals surface area contributed by atoms with Crippen molar-refractivity contribution in [3.05, 3.63) is 47.9 Å². The highest BCUT2D eigenvalue weighted by Crippen LogP contribution is 2.31. The number of nitrogens with one attached hydrogen (secondary N) is 1. The van der Waals surface area contributed by atoms with Gasteiger partial charge in [-0.15, -0.1) is 0 Å². The number of anilines is 2. The number of benzene rings is 1. The summed E-state index contributed by atoms with van der Waals surface area (Å²) in [5.41, 5.74) is 2.73. The van der Waals surface area contributed by atoms with E-state index in [-0.39, 0.29) is 11.8 Å². The molecule has 1 N–H and O–H groups in total. The van der Waals surface area contributed by atoms with Crippen molar-refractivity contribution in [3.8, 4) is 0 Å². The SMILES string of the molecule is CCCC(=O)Nc1ccc2c(c1)CCN2C(=O)c1ccco1. The summed E-state index contributed by atoms with van der Waals surface area (Å²) in [4.78, 5) is 25.7. The summed E-state index contributed by atoms with van der Waals surface area (Å²) < 4.78 is 5.18. The van der Waals surface area contributed by atoms with E-state index in [2.05, 4.69) is 5.32 Å². The Hall–Kier alpha value is -2.56. The van der Waals surface area contributed by atoms with E-state index in [0.717, 1.165) is 29.8 Å². The standard InChI is InChI=1S/C17H18N2O3/c1-2-4-16(20)18-13-6-7-14-12(11-13)8-9-19(14)17(21)15-5-3-10-22-15/h3,5-7,10-11H,2,4,8-9H2,1H3,(H,18,20). The maximum Gasteiger partial charge on any atom is 0.293 e. The van der Waals surface area contributed by atoms with Crippen LogP contribution >= 0.6 is 0 Å². The summed E-state index contributed by atoms with van der Waals surface area (Å²) >= 11 is 0. The molecule has 22 heavy (non-hydrogen) atoms. The fraction of sp³-hybridized carbons (Fsp3) is 0.294. The van der Waals surface area contributed by atoms with E-state index >= 15 is 0 Å². The quantitative estimate of drug-likeness (QED) is 0.942. The molecule has 0 fully saturated rings. The van der Waals surface area contributed by atoms with Gasteiger partial charge in [0.05, 0.1) is 6.26 Å². The third-order valence-corrected chi connectivity index (χ3v) is 3.71. The molecule has 1 aliphatic rings. The van der Waals surface area contributed by atoms with E-state index in [9.17, 15) is 9.59 Å². The summed E-state index contributed by atoms with van der Waals surface area (Å²) in [7, 11) is 0. The molecule has 5 heteroatoms. The highest BCUT2D eigenvalue weighted by atomic mass is 16.3. The lowest BCUT2D eigenvalue weighted by molar-refractivity contribution is -0.116. The van der Waals surface area contributed by atoms with Crippen LogP contribution < -0.4 is 10.2 Å². The van der Waals surface area contributed by atoms with Crippen LogP contribution in [0.25, 0.3) is 0 Å². The summed E-state index contributed by atoms with van der Waals surface area (Å²) in [5, 5.41) is 2.88. The molecule has 0 saturated heterocycles. The van der Waals surface area contributed by atoms with Gasteiger partial charge in [0, 0.05) is 24.3 Å². The molecule has 1 aromatic carbocycles. The van der Waals surface area contributed by atoms with Crippen LogP contribution in [0.2, 0.25) is 0 Å². The number of nitrogens with zero attached hydrogens (tertiary/aromatic N) is 1.